The summed E-state index contributed by atoms with van der Waals surface area (Å²) in [6.45, 7) is 1.88. The highest BCUT2D eigenvalue weighted by molar-refractivity contribution is 7.92. The van der Waals surface area contributed by atoms with E-state index in [1.54, 1.807) is 49.4 Å². The molecule has 0 bridgehead atoms. The van der Waals surface area contributed by atoms with Gasteiger partial charge in [-0.15, -0.1) is 0 Å². The molecule has 0 spiro atoms. The number of ether oxygens (including phenoxy) is 2. The van der Waals surface area contributed by atoms with Crippen molar-refractivity contribution in [2.24, 2.45) is 0 Å². The Kier molecular flexibility index (Phi) is 5.48. The molecule has 0 unspecified atom stereocenters. The fourth-order valence-electron chi connectivity index (χ4n) is 2.85. The molecule has 0 radical (unpaired) electrons. The topological polar surface area (TPSA) is 84.9 Å². The summed E-state index contributed by atoms with van der Waals surface area (Å²) in [5, 5.41) is 3.23. The molecular formula is C18H19ClN2O5S. The number of nitrogens with one attached hydrogen (secondary N) is 1. The van der Waals surface area contributed by atoms with Gasteiger partial charge in [-0.1, -0.05) is 18.5 Å². The molecule has 0 saturated heterocycles. The summed E-state index contributed by atoms with van der Waals surface area (Å²) in [6, 6.07) is 10.4. The normalized spacial score (nSPS) is 13.9. The number of rotatable bonds is 6. The van der Waals surface area contributed by atoms with Crippen LogP contribution >= 0.6 is 11.6 Å². The van der Waals surface area contributed by atoms with Gasteiger partial charge in [0.25, 0.3) is 0 Å². The molecular weight excluding hydrogens is 392 g/mol. The fraction of sp³-hybridized carbons (Fsp3) is 0.278. The van der Waals surface area contributed by atoms with Crippen LogP contribution in [0.15, 0.2) is 42.5 Å². The number of hydrogen-bond donors (Lipinski definition) is 1. The number of amides is 1. The largest absolute Gasteiger partial charge is 0.454 e. The van der Waals surface area contributed by atoms with Crippen molar-refractivity contribution in [1.82, 2.24) is 0 Å². The summed E-state index contributed by atoms with van der Waals surface area (Å²) in [7, 11) is -3.70. The minimum Gasteiger partial charge on any atom is -0.454 e. The van der Waals surface area contributed by atoms with Crippen LogP contribution in [0.1, 0.15) is 13.3 Å². The molecule has 1 aliphatic rings. The SMILES string of the molecule is CC[C@@H](C(=O)Nc1ccc2c(c1)OCO2)N(c1ccc(Cl)cc1)S(C)(=O)=O. The van der Waals surface area contributed by atoms with Crippen molar-refractivity contribution < 1.29 is 22.7 Å². The van der Waals surface area contributed by atoms with E-state index in [9.17, 15) is 13.2 Å². The lowest BCUT2D eigenvalue weighted by molar-refractivity contribution is -0.117. The van der Waals surface area contributed by atoms with Crippen LogP contribution < -0.4 is 19.1 Å². The maximum absolute atomic E-state index is 12.9. The second-order valence-corrected chi connectivity index (χ2v) is 8.31. The highest BCUT2D eigenvalue weighted by Crippen LogP contribution is 2.34. The lowest BCUT2D eigenvalue weighted by Gasteiger charge is -2.30. The van der Waals surface area contributed by atoms with Gasteiger partial charge in [-0.05, 0) is 42.8 Å². The zero-order valence-corrected chi connectivity index (χ0v) is 16.4. The van der Waals surface area contributed by atoms with Gasteiger partial charge >= 0.3 is 0 Å². The van der Waals surface area contributed by atoms with Crippen LogP contribution in [0.2, 0.25) is 5.02 Å². The van der Waals surface area contributed by atoms with Crippen molar-refractivity contribution in [1.29, 1.82) is 0 Å². The summed E-state index contributed by atoms with van der Waals surface area (Å²) in [5.41, 5.74) is 0.863. The Hall–Kier alpha value is -2.45. The summed E-state index contributed by atoms with van der Waals surface area (Å²) in [4.78, 5) is 12.9. The summed E-state index contributed by atoms with van der Waals surface area (Å²) >= 11 is 5.89. The predicted molar refractivity (Wildman–Crippen MR) is 104 cm³/mol. The van der Waals surface area contributed by atoms with Crippen molar-refractivity contribution in [2.45, 2.75) is 19.4 Å². The molecule has 0 fully saturated rings. The first-order valence-corrected chi connectivity index (χ1v) is 10.5. The number of carbonyl (C=O) groups is 1. The average Bonchev–Trinajstić information content (AvgIpc) is 3.07. The molecule has 7 nitrogen and oxygen atoms in total. The molecule has 1 atom stereocenters. The fourth-order valence-corrected chi connectivity index (χ4v) is 4.19. The van der Waals surface area contributed by atoms with Crippen molar-refractivity contribution in [3.8, 4) is 11.5 Å². The minimum atomic E-state index is -3.70. The maximum atomic E-state index is 12.9. The highest BCUT2D eigenvalue weighted by atomic mass is 35.5. The molecule has 0 saturated carbocycles. The van der Waals surface area contributed by atoms with Gasteiger partial charge in [0.1, 0.15) is 6.04 Å². The van der Waals surface area contributed by atoms with Crippen LogP contribution in [0.3, 0.4) is 0 Å². The van der Waals surface area contributed by atoms with Crippen LogP contribution in [-0.2, 0) is 14.8 Å². The molecule has 1 aliphatic heterocycles. The second-order valence-electron chi connectivity index (χ2n) is 6.02. The number of sulfonamides is 1. The Labute approximate surface area is 162 Å². The zero-order chi connectivity index (χ0) is 19.6. The number of fused-ring (bicyclic) bond motifs is 1. The number of nitrogens with zero attached hydrogens (tertiary/aromatic N) is 1. The first-order chi connectivity index (χ1) is 12.8. The van der Waals surface area contributed by atoms with Crippen LogP contribution in [0, 0.1) is 0 Å². The Morgan fingerprint density at radius 2 is 1.85 bits per heavy atom. The number of hydrogen-bond acceptors (Lipinski definition) is 5. The van der Waals surface area contributed by atoms with Gasteiger partial charge in [-0.2, -0.15) is 0 Å². The Morgan fingerprint density at radius 3 is 2.48 bits per heavy atom. The standard InChI is InChI=1S/C18H19ClN2O5S/c1-3-15(21(27(2,23)24)14-7-4-12(19)5-8-14)18(22)20-13-6-9-16-17(10-13)26-11-25-16/h4-10,15H,3,11H2,1-2H3,(H,20,22)/t15-/m0/s1. The van der Waals surface area contributed by atoms with Crippen LogP contribution in [-0.4, -0.2) is 33.4 Å². The van der Waals surface area contributed by atoms with Crippen molar-refractivity contribution in [3.63, 3.8) is 0 Å². The van der Waals surface area contributed by atoms with Gasteiger partial charge in [0, 0.05) is 16.8 Å². The molecule has 1 N–H and O–H groups in total. The van der Waals surface area contributed by atoms with Gasteiger partial charge < -0.3 is 14.8 Å². The summed E-state index contributed by atoms with van der Waals surface area (Å²) < 4.78 is 36.5. The minimum absolute atomic E-state index is 0.128. The van der Waals surface area contributed by atoms with E-state index in [0.29, 0.717) is 27.9 Å². The lowest BCUT2D eigenvalue weighted by Crippen LogP contribution is -2.46. The Balaban J connectivity index is 1.88. The molecule has 3 rings (SSSR count). The quantitative estimate of drug-likeness (QED) is 0.790. The van der Waals surface area contributed by atoms with Crippen molar-refractivity contribution in [3.05, 3.63) is 47.5 Å². The highest BCUT2D eigenvalue weighted by Gasteiger charge is 2.31. The van der Waals surface area contributed by atoms with Crippen molar-refractivity contribution in [2.75, 3.05) is 22.7 Å². The summed E-state index contributed by atoms with van der Waals surface area (Å²) in [6.07, 6.45) is 1.35. The molecule has 1 amide bonds. The average molecular weight is 411 g/mol. The molecule has 27 heavy (non-hydrogen) atoms. The molecule has 2 aromatic rings. The molecule has 2 aromatic carbocycles. The zero-order valence-electron chi connectivity index (χ0n) is 14.8. The van der Waals surface area contributed by atoms with Crippen LogP contribution in [0.5, 0.6) is 11.5 Å². The van der Waals surface area contributed by atoms with E-state index in [2.05, 4.69) is 5.32 Å². The summed E-state index contributed by atoms with van der Waals surface area (Å²) in [5.74, 6) is 0.675. The lowest BCUT2D eigenvalue weighted by atomic mass is 10.1. The monoisotopic (exact) mass is 410 g/mol. The Bertz CT molecular complexity index is 947. The van der Waals surface area contributed by atoms with E-state index in [0.717, 1.165) is 10.6 Å². The van der Waals surface area contributed by atoms with E-state index < -0.39 is 22.0 Å². The Morgan fingerprint density at radius 1 is 1.19 bits per heavy atom. The predicted octanol–water partition coefficient (Wildman–Crippen LogP) is 3.25. The number of halogens is 1. The first-order valence-electron chi connectivity index (χ1n) is 8.25. The van der Waals surface area contributed by atoms with E-state index in [1.807, 2.05) is 0 Å². The van der Waals surface area contributed by atoms with Gasteiger partial charge in [0.05, 0.1) is 11.9 Å². The van der Waals surface area contributed by atoms with E-state index in [1.165, 1.54) is 0 Å². The van der Waals surface area contributed by atoms with Crippen LogP contribution in [0.4, 0.5) is 11.4 Å². The van der Waals surface area contributed by atoms with Gasteiger partial charge in [0.15, 0.2) is 11.5 Å². The van der Waals surface area contributed by atoms with Gasteiger partial charge in [0.2, 0.25) is 22.7 Å². The number of carbonyl (C=O) groups excluding carboxylic acids is 1. The third-order valence-electron chi connectivity index (χ3n) is 4.05. The van der Waals surface area contributed by atoms with E-state index in [-0.39, 0.29) is 13.2 Å². The second kappa shape index (κ2) is 7.66. The molecule has 1 heterocycles. The van der Waals surface area contributed by atoms with Crippen molar-refractivity contribution >= 4 is 38.9 Å². The molecule has 0 aliphatic carbocycles. The van der Waals surface area contributed by atoms with Gasteiger partial charge in [-0.25, -0.2) is 8.42 Å². The third kappa shape index (κ3) is 4.28. The molecule has 0 aromatic heterocycles. The van der Waals surface area contributed by atoms with E-state index >= 15 is 0 Å². The van der Waals surface area contributed by atoms with Crippen LogP contribution in [0.25, 0.3) is 0 Å². The number of anilines is 2. The number of benzene rings is 2. The molecule has 144 valence electrons. The smallest absolute Gasteiger partial charge is 0.248 e. The third-order valence-corrected chi connectivity index (χ3v) is 5.48. The maximum Gasteiger partial charge on any atom is 0.248 e. The molecule has 9 heteroatoms. The van der Waals surface area contributed by atoms with Gasteiger partial charge in [-0.3, -0.25) is 9.10 Å². The van der Waals surface area contributed by atoms with E-state index in [4.69, 9.17) is 21.1 Å². The first kappa shape index (κ1) is 19.3.